The van der Waals surface area contributed by atoms with Crippen LogP contribution in [0.15, 0.2) is 89.7 Å². The van der Waals surface area contributed by atoms with Gasteiger partial charge in [-0.25, -0.2) is 20.4 Å². The Kier molecular flexibility index (Phi) is 7.63. The van der Waals surface area contributed by atoms with E-state index in [1.165, 1.54) is 23.9 Å². The zero-order valence-corrected chi connectivity index (χ0v) is 24.1. The lowest BCUT2D eigenvalue weighted by Gasteiger charge is -2.16. The van der Waals surface area contributed by atoms with Gasteiger partial charge >= 0.3 is 0 Å². The number of rotatable bonds is 5. The van der Waals surface area contributed by atoms with Crippen molar-refractivity contribution in [2.24, 2.45) is 10.7 Å². The van der Waals surface area contributed by atoms with E-state index in [0.29, 0.717) is 22.6 Å². The summed E-state index contributed by atoms with van der Waals surface area (Å²) in [6, 6.07) is 12.3. The summed E-state index contributed by atoms with van der Waals surface area (Å²) >= 11 is 0. The molecule has 1 aliphatic heterocycles. The Morgan fingerprint density at radius 3 is 2.74 bits per heavy atom. The minimum absolute atomic E-state index is 0.120. The van der Waals surface area contributed by atoms with Crippen LogP contribution in [0.5, 0.6) is 0 Å². The van der Waals surface area contributed by atoms with Gasteiger partial charge in [-0.1, -0.05) is 24.8 Å². The highest BCUT2D eigenvalue weighted by Gasteiger charge is 2.22. The number of hydrazine groups is 1. The average Bonchev–Trinajstić information content (AvgIpc) is 3.80. The first kappa shape index (κ1) is 27.7. The van der Waals surface area contributed by atoms with Crippen molar-refractivity contribution < 1.29 is 0 Å². The number of aryl methyl sites for hydroxylation is 3. The maximum absolute atomic E-state index is 11.2. The van der Waals surface area contributed by atoms with E-state index in [9.17, 15) is 4.79 Å². The fourth-order valence-electron chi connectivity index (χ4n) is 5.31. The highest BCUT2D eigenvalue weighted by Crippen LogP contribution is 2.30. The van der Waals surface area contributed by atoms with Gasteiger partial charge in [0.25, 0.3) is 5.56 Å². The Hall–Kier alpha value is -5.42. The van der Waals surface area contributed by atoms with Crippen LogP contribution in [0.4, 0.5) is 5.82 Å². The Morgan fingerprint density at radius 2 is 1.95 bits per heavy atom. The summed E-state index contributed by atoms with van der Waals surface area (Å²) in [7, 11) is 1.68. The largest absolute Gasteiger partial charge is 0.383 e. The summed E-state index contributed by atoms with van der Waals surface area (Å²) in [5, 5.41) is 2.51. The van der Waals surface area contributed by atoms with E-state index in [1.807, 2.05) is 36.3 Å². The van der Waals surface area contributed by atoms with E-state index in [2.05, 4.69) is 60.8 Å². The number of nitrogens with two attached hydrogens (primary N) is 1. The number of nitrogens with one attached hydrogen (secondary N) is 2. The highest BCUT2D eigenvalue weighted by atomic mass is 16.1. The summed E-state index contributed by atoms with van der Waals surface area (Å²) in [4.78, 5) is 35.8. The molecule has 0 bridgehead atoms. The number of anilines is 1. The van der Waals surface area contributed by atoms with Gasteiger partial charge in [0.1, 0.15) is 17.2 Å². The highest BCUT2D eigenvalue weighted by molar-refractivity contribution is 6.21. The molecule has 7 rings (SSSR count). The van der Waals surface area contributed by atoms with Gasteiger partial charge in [-0.05, 0) is 73.7 Å². The summed E-state index contributed by atoms with van der Waals surface area (Å²) in [6.07, 6.45) is 14.0. The number of nitrogens with zero attached hydrogens (tertiary/aromatic N) is 7. The average molecular weight is 573 g/mol. The third kappa shape index (κ3) is 5.45. The Balaban J connectivity index is 0.000000229. The van der Waals surface area contributed by atoms with Crippen molar-refractivity contribution >= 4 is 39.3 Å². The fourth-order valence-corrected chi connectivity index (χ4v) is 5.31. The van der Waals surface area contributed by atoms with Gasteiger partial charge in [-0.2, -0.15) is 0 Å². The zero-order valence-electron chi connectivity index (χ0n) is 24.1. The van der Waals surface area contributed by atoms with Crippen LogP contribution in [-0.4, -0.2) is 48.9 Å². The normalized spacial score (nSPS) is 14.7. The van der Waals surface area contributed by atoms with Crippen LogP contribution in [0.3, 0.4) is 0 Å². The van der Waals surface area contributed by atoms with Crippen molar-refractivity contribution in [2.75, 3.05) is 18.6 Å². The number of hydrogen-bond acceptors (Lipinski definition) is 8. The lowest BCUT2D eigenvalue weighted by Crippen LogP contribution is -2.28. The van der Waals surface area contributed by atoms with E-state index >= 15 is 0 Å². The molecule has 0 saturated carbocycles. The summed E-state index contributed by atoms with van der Waals surface area (Å²) in [5.41, 5.74) is 17.0. The first-order valence-corrected chi connectivity index (χ1v) is 14.0. The molecule has 4 aromatic heterocycles. The molecule has 5 aromatic rings. The Morgan fingerprint density at radius 1 is 1.09 bits per heavy atom. The number of aromatic nitrogens is 6. The third-order valence-corrected chi connectivity index (χ3v) is 7.42. The monoisotopic (exact) mass is 572 g/mol. The molecule has 216 valence electrons. The van der Waals surface area contributed by atoms with Crippen molar-refractivity contribution in [1.82, 2.24) is 34.9 Å². The number of allylic oxidation sites excluding steroid dienone is 2. The number of amidine groups is 1. The molecule has 0 amide bonds. The first-order valence-electron chi connectivity index (χ1n) is 14.0. The van der Waals surface area contributed by atoms with Gasteiger partial charge in [-0.3, -0.25) is 24.3 Å². The van der Waals surface area contributed by atoms with Gasteiger partial charge < -0.3 is 10.7 Å². The molecule has 11 nitrogen and oxygen atoms in total. The van der Waals surface area contributed by atoms with Crippen molar-refractivity contribution in [3.05, 3.63) is 113 Å². The molecule has 1 aromatic carbocycles. The maximum atomic E-state index is 11.2. The van der Waals surface area contributed by atoms with E-state index in [1.54, 1.807) is 25.4 Å². The molecular formula is C32H32N10O. The van der Waals surface area contributed by atoms with Crippen LogP contribution in [-0.2, 0) is 12.8 Å². The smallest absolute Gasteiger partial charge is 0.258 e. The quantitative estimate of drug-likeness (QED) is 0.163. The van der Waals surface area contributed by atoms with Crippen molar-refractivity contribution in [1.29, 1.82) is 0 Å². The third-order valence-electron chi connectivity index (χ3n) is 7.42. The van der Waals surface area contributed by atoms with E-state index < -0.39 is 0 Å². The van der Waals surface area contributed by atoms with E-state index in [4.69, 9.17) is 15.7 Å². The molecule has 0 saturated heterocycles. The molecule has 0 spiro atoms. The molecule has 0 atom stereocenters. The molecule has 0 unspecified atom stereocenters. The number of aromatic amines is 1. The second-order valence-electron chi connectivity index (χ2n) is 10.2. The van der Waals surface area contributed by atoms with Crippen LogP contribution < -0.4 is 21.7 Å². The van der Waals surface area contributed by atoms with E-state index in [-0.39, 0.29) is 5.56 Å². The topological polar surface area (TPSA) is 143 Å². The number of fused-ring (bicyclic) bond motifs is 3. The number of hydrogen-bond donors (Lipinski definition) is 3. The lowest BCUT2D eigenvalue weighted by molar-refractivity contribution is 0.801. The molecule has 1 aliphatic carbocycles. The van der Waals surface area contributed by atoms with Gasteiger partial charge in [0.2, 0.25) is 0 Å². The molecule has 2 aliphatic rings. The number of aliphatic imine (C=N–C) groups is 1. The predicted molar refractivity (Wildman–Crippen MR) is 171 cm³/mol. The van der Waals surface area contributed by atoms with Crippen LogP contribution in [0.2, 0.25) is 0 Å². The number of benzene rings is 1. The molecule has 4 N–H and O–H groups in total. The molecule has 0 fully saturated rings. The Bertz CT molecular complexity index is 2000. The molecule has 43 heavy (non-hydrogen) atoms. The predicted octanol–water partition coefficient (Wildman–Crippen LogP) is 3.93. The second kappa shape index (κ2) is 11.8. The minimum atomic E-state index is -0.120. The summed E-state index contributed by atoms with van der Waals surface area (Å²) in [5.74, 6) is 1.91. The Labute approximate surface area is 248 Å². The van der Waals surface area contributed by atoms with Crippen molar-refractivity contribution in [3.63, 3.8) is 0 Å². The molecule has 5 heterocycles. The number of pyridine rings is 2. The van der Waals surface area contributed by atoms with Crippen molar-refractivity contribution in [2.45, 2.75) is 26.2 Å². The van der Waals surface area contributed by atoms with Crippen LogP contribution in [0.25, 0.3) is 33.3 Å². The zero-order chi connectivity index (χ0) is 29.9. The van der Waals surface area contributed by atoms with Gasteiger partial charge in [-0.15, -0.1) is 0 Å². The second-order valence-corrected chi connectivity index (χ2v) is 10.2. The van der Waals surface area contributed by atoms with E-state index in [0.717, 1.165) is 53.3 Å². The minimum Gasteiger partial charge on any atom is -0.383 e. The van der Waals surface area contributed by atoms with Crippen LogP contribution in [0, 0.1) is 6.92 Å². The van der Waals surface area contributed by atoms with Gasteiger partial charge in [0, 0.05) is 31.2 Å². The molecule has 11 heteroatoms. The lowest BCUT2D eigenvalue weighted by atomic mass is 10.1. The standard InChI is InChI=1S/C24H25N7.C8H7N3O/c1-3-6-19(22(25)26-2)23-28-20-11-12-21(30-14-5-13-27-30)29-24(20)31(23)18-10-9-16-7-4-8-17(16)15-18;1-5-2-6-7(3-9-5)10-4-11-8(6)12/h3,5-6,9-12,14-15,27H,1,4,7-8,13H2,2H3,(H2,25,26);2-4H,1H3,(H,10,11,12)/b19-6+;. The SMILES string of the molecule is C=C/C=C(\C(N)=NC)c1nc2ccc(N3C=CCN3)nc2n1-c1ccc2c(c1)CCC2.Cc1cc2c(=O)[nH]cnc2cn1. The molecule has 0 radical (unpaired) electrons. The van der Waals surface area contributed by atoms with Crippen molar-refractivity contribution in [3.8, 4) is 5.69 Å². The van der Waals surface area contributed by atoms with Crippen LogP contribution in [0.1, 0.15) is 29.1 Å². The first-order chi connectivity index (χ1) is 21.0. The number of imidazole rings is 1. The van der Waals surface area contributed by atoms with Gasteiger partial charge in [0.05, 0.1) is 29.0 Å². The maximum Gasteiger partial charge on any atom is 0.258 e. The number of H-pyrrole nitrogens is 1. The summed E-state index contributed by atoms with van der Waals surface area (Å²) in [6.45, 7) is 6.47. The van der Waals surface area contributed by atoms with Gasteiger partial charge in [0.15, 0.2) is 11.5 Å². The molecular weight excluding hydrogens is 540 g/mol. The summed E-state index contributed by atoms with van der Waals surface area (Å²) < 4.78 is 2.07. The fraction of sp³-hybridized carbons (Fsp3) is 0.188. The van der Waals surface area contributed by atoms with Crippen LogP contribution >= 0.6 is 0 Å².